The fraction of sp³-hybridized carbons (Fsp3) is 1.00. The van der Waals surface area contributed by atoms with Gasteiger partial charge in [0, 0.05) is 6.54 Å². The monoisotopic (exact) mass is 211 g/mol. The van der Waals surface area contributed by atoms with Crippen LogP contribution in [0.3, 0.4) is 0 Å². The average Bonchev–Trinajstić information content (AvgIpc) is 2.11. The molecule has 13 heavy (non-hydrogen) atoms. The minimum Gasteiger partial charge on any atom is -0.394 e. The second-order valence-corrected chi connectivity index (χ2v) is 4.78. The van der Waals surface area contributed by atoms with Crippen LogP contribution in [0.1, 0.15) is 19.8 Å². The van der Waals surface area contributed by atoms with E-state index < -0.39 is 22.7 Å². The maximum atomic E-state index is 11.1. The third kappa shape index (κ3) is 6.94. The number of rotatable bonds is 7. The molecule has 80 valence electrons. The molecule has 0 radical (unpaired) electrons. The van der Waals surface area contributed by atoms with E-state index in [1.807, 2.05) is 6.92 Å². The quantitative estimate of drug-likeness (QED) is 0.507. The molecule has 0 bridgehead atoms. The molecule has 0 aliphatic rings. The van der Waals surface area contributed by atoms with Crippen LogP contribution in [-0.2, 0) is 10.0 Å². The molecular formula is C7H17NO4S. The summed E-state index contributed by atoms with van der Waals surface area (Å²) >= 11 is 0. The van der Waals surface area contributed by atoms with Crippen molar-refractivity contribution >= 4 is 10.0 Å². The highest BCUT2D eigenvalue weighted by Gasteiger charge is 2.11. The highest BCUT2D eigenvalue weighted by Crippen LogP contribution is 1.93. The fourth-order valence-electron chi connectivity index (χ4n) is 0.694. The standard InChI is InChI=1S/C7H17NO4S/c1-2-3-4-13(11,12)8-5-7(10)6-9/h7-10H,2-6H2,1H3. The van der Waals surface area contributed by atoms with Crippen molar-refractivity contribution in [2.45, 2.75) is 25.9 Å². The van der Waals surface area contributed by atoms with Crippen LogP contribution in [0.2, 0.25) is 0 Å². The Labute approximate surface area is 78.8 Å². The van der Waals surface area contributed by atoms with Crippen LogP contribution >= 0.6 is 0 Å². The largest absolute Gasteiger partial charge is 0.394 e. The lowest BCUT2D eigenvalue weighted by Crippen LogP contribution is -2.35. The summed E-state index contributed by atoms with van der Waals surface area (Å²) in [5.41, 5.74) is 0. The maximum Gasteiger partial charge on any atom is 0.211 e. The number of hydrogen-bond acceptors (Lipinski definition) is 4. The molecular weight excluding hydrogens is 194 g/mol. The molecule has 0 fully saturated rings. The van der Waals surface area contributed by atoms with Gasteiger partial charge in [-0.25, -0.2) is 13.1 Å². The molecule has 0 aromatic carbocycles. The van der Waals surface area contributed by atoms with Gasteiger partial charge in [0.05, 0.1) is 18.5 Å². The molecule has 1 atom stereocenters. The van der Waals surface area contributed by atoms with Crippen LogP contribution in [0.5, 0.6) is 0 Å². The molecule has 0 aromatic heterocycles. The average molecular weight is 211 g/mol. The Hall–Kier alpha value is -0.170. The Morgan fingerprint density at radius 2 is 2.08 bits per heavy atom. The lowest BCUT2D eigenvalue weighted by atomic mass is 10.4. The molecule has 0 spiro atoms. The van der Waals surface area contributed by atoms with Crippen molar-refractivity contribution in [3.63, 3.8) is 0 Å². The predicted octanol–water partition coefficient (Wildman–Crippen LogP) is -0.941. The minimum atomic E-state index is -3.27. The summed E-state index contributed by atoms with van der Waals surface area (Å²) < 4.78 is 24.4. The van der Waals surface area contributed by atoms with Gasteiger partial charge in [0.15, 0.2) is 0 Å². The van der Waals surface area contributed by atoms with Gasteiger partial charge in [-0.3, -0.25) is 0 Å². The van der Waals surface area contributed by atoms with Crippen molar-refractivity contribution in [2.24, 2.45) is 0 Å². The van der Waals surface area contributed by atoms with Crippen molar-refractivity contribution in [2.75, 3.05) is 18.9 Å². The third-order valence-corrected chi connectivity index (χ3v) is 2.95. The number of aliphatic hydroxyl groups is 2. The number of sulfonamides is 1. The van der Waals surface area contributed by atoms with Crippen LogP contribution < -0.4 is 4.72 Å². The van der Waals surface area contributed by atoms with Gasteiger partial charge in [0.1, 0.15) is 0 Å². The van der Waals surface area contributed by atoms with E-state index >= 15 is 0 Å². The summed E-state index contributed by atoms with van der Waals surface area (Å²) in [5, 5.41) is 17.3. The molecule has 0 aliphatic carbocycles. The predicted molar refractivity (Wildman–Crippen MR) is 49.8 cm³/mol. The topological polar surface area (TPSA) is 86.6 Å². The molecule has 0 aliphatic heterocycles. The minimum absolute atomic E-state index is 0.0711. The Morgan fingerprint density at radius 1 is 1.46 bits per heavy atom. The summed E-state index contributed by atoms with van der Waals surface area (Å²) in [6.07, 6.45) is 0.394. The number of unbranched alkanes of at least 4 members (excludes halogenated alkanes) is 1. The van der Waals surface area contributed by atoms with E-state index in [2.05, 4.69) is 4.72 Å². The second kappa shape index (κ2) is 6.31. The van der Waals surface area contributed by atoms with Crippen molar-refractivity contribution in [1.82, 2.24) is 4.72 Å². The van der Waals surface area contributed by atoms with Crippen LogP contribution in [-0.4, -0.2) is 43.6 Å². The van der Waals surface area contributed by atoms with Gasteiger partial charge in [0.25, 0.3) is 0 Å². The summed E-state index contributed by atoms with van der Waals surface area (Å²) in [4.78, 5) is 0. The first kappa shape index (κ1) is 12.8. The Kier molecular flexibility index (Phi) is 6.23. The van der Waals surface area contributed by atoms with E-state index in [1.165, 1.54) is 0 Å². The third-order valence-electron chi connectivity index (χ3n) is 1.52. The van der Waals surface area contributed by atoms with Crippen molar-refractivity contribution < 1.29 is 18.6 Å². The maximum absolute atomic E-state index is 11.1. The van der Waals surface area contributed by atoms with Crippen LogP contribution in [0.15, 0.2) is 0 Å². The molecule has 0 heterocycles. The van der Waals surface area contributed by atoms with E-state index in [4.69, 9.17) is 10.2 Å². The number of hydrogen-bond donors (Lipinski definition) is 3. The van der Waals surface area contributed by atoms with Gasteiger partial charge in [-0.15, -0.1) is 0 Å². The first-order valence-corrected chi connectivity index (χ1v) is 5.93. The van der Waals surface area contributed by atoms with E-state index in [0.717, 1.165) is 6.42 Å². The van der Waals surface area contributed by atoms with Crippen LogP contribution in [0.25, 0.3) is 0 Å². The molecule has 1 unspecified atom stereocenters. The molecule has 0 amide bonds. The lowest BCUT2D eigenvalue weighted by molar-refractivity contribution is 0.0988. The lowest BCUT2D eigenvalue weighted by Gasteiger charge is -2.08. The second-order valence-electron chi connectivity index (χ2n) is 2.86. The van der Waals surface area contributed by atoms with Gasteiger partial charge in [-0.1, -0.05) is 13.3 Å². The molecule has 0 saturated heterocycles. The molecule has 3 N–H and O–H groups in total. The first-order valence-electron chi connectivity index (χ1n) is 4.28. The smallest absolute Gasteiger partial charge is 0.211 e. The molecule has 6 heteroatoms. The molecule has 0 aromatic rings. The molecule has 5 nitrogen and oxygen atoms in total. The van der Waals surface area contributed by atoms with Gasteiger partial charge >= 0.3 is 0 Å². The molecule has 0 saturated carbocycles. The Balaban J connectivity index is 3.76. The summed E-state index contributed by atoms with van der Waals surface area (Å²) in [5.74, 6) is 0.0711. The van der Waals surface area contributed by atoms with Crippen LogP contribution in [0, 0.1) is 0 Å². The highest BCUT2D eigenvalue weighted by molar-refractivity contribution is 7.89. The van der Waals surface area contributed by atoms with Gasteiger partial charge in [-0.05, 0) is 6.42 Å². The van der Waals surface area contributed by atoms with Crippen LogP contribution in [0.4, 0.5) is 0 Å². The number of nitrogens with one attached hydrogen (secondary N) is 1. The number of aliphatic hydroxyl groups excluding tert-OH is 2. The Morgan fingerprint density at radius 3 is 2.54 bits per heavy atom. The molecule has 0 rings (SSSR count). The Bertz CT molecular complexity index is 215. The first-order chi connectivity index (χ1) is 6.02. The zero-order valence-corrected chi connectivity index (χ0v) is 8.55. The van der Waals surface area contributed by atoms with Crippen molar-refractivity contribution in [3.05, 3.63) is 0 Å². The van der Waals surface area contributed by atoms with E-state index in [9.17, 15) is 8.42 Å². The van der Waals surface area contributed by atoms with E-state index in [1.54, 1.807) is 0 Å². The summed E-state index contributed by atoms with van der Waals surface area (Å²) in [6, 6.07) is 0. The van der Waals surface area contributed by atoms with Gasteiger partial charge in [0.2, 0.25) is 10.0 Å². The normalized spacial score (nSPS) is 14.4. The van der Waals surface area contributed by atoms with Gasteiger partial charge in [-0.2, -0.15) is 0 Å². The van der Waals surface area contributed by atoms with Crippen molar-refractivity contribution in [3.8, 4) is 0 Å². The SMILES string of the molecule is CCCCS(=O)(=O)NCC(O)CO. The van der Waals surface area contributed by atoms with E-state index in [-0.39, 0.29) is 12.3 Å². The summed E-state index contributed by atoms with van der Waals surface area (Å²) in [6.45, 7) is 1.34. The zero-order chi connectivity index (χ0) is 10.3. The van der Waals surface area contributed by atoms with Gasteiger partial charge < -0.3 is 10.2 Å². The summed E-state index contributed by atoms with van der Waals surface area (Å²) in [7, 11) is -3.27. The highest BCUT2D eigenvalue weighted by atomic mass is 32.2. The fourth-order valence-corrected chi connectivity index (χ4v) is 1.95. The van der Waals surface area contributed by atoms with E-state index in [0.29, 0.717) is 6.42 Å². The zero-order valence-electron chi connectivity index (χ0n) is 7.73. The van der Waals surface area contributed by atoms with Crippen molar-refractivity contribution in [1.29, 1.82) is 0 Å².